The standard InChI is InChI=1S/C15H11Br2NO3/c1-20-13-10(16)7-15(14(19)12(13)17)8-11(18-21-15)9-5-3-2-4-6-9/h2-7H,8H2,1H3/t15-/m1/s1. The highest BCUT2D eigenvalue weighted by Crippen LogP contribution is 2.41. The number of oxime groups is 1. The van der Waals surface area contributed by atoms with E-state index in [4.69, 9.17) is 9.57 Å². The van der Waals surface area contributed by atoms with Crippen LogP contribution in [0, 0.1) is 0 Å². The normalized spacial score (nSPS) is 24.8. The van der Waals surface area contributed by atoms with Gasteiger partial charge in [-0.3, -0.25) is 4.79 Å². The third kappa shape index (κ3) is 2.36. The minimum absolute atomic E-state index is 0.197. The molecule has 1 spiro atoms. The molecule has 3 rings (SSSR count). The molecule has 1 heterocycles. The highest BCUT2D eigenvalue weighted by atomic mass is 79.9. The zero-order valence-electron chi connectivity index (χ0n) is 11.1. The third-order valence-electron chi connectivity index (χ3n) is 3.42. The summed E-state index contributed by atoms with van der Waals surface area (Å²) in [5.74, 6) is 0.264. The molecule has 0 saturated carbocycles. The maximum atomic E-state index is 12.6. The second-order valence-corrected chi connectivity index (χ2v) is 6.38. The minimum atomic E-state index is -1.11. The van der Waals surface area contributed by atoms with E-state index in [2.05, 4.69) is 37.0 Å². The van der Waals surface area contributed by atoms with Crippen molar-refractivity contribution in [2.75, 3.05) is 7.11 Å². The van der Waals surface area contributed by atoms with Gasteiger partial charge >= 0.3 is 0 Å². The Kier molecular flexibility index (Phi) is 3.75. The molecule has 6 heteroatoms. The van der Waals surface area contributed by atoms with Gasteiger partial charge in [-0.15, -0.1) is 0 Å². The lowest BCUT2D eigenvalue weighted by Gasteiger charge is -2.26. The van der Waals surface area contributed by atoms with Gasteiger partial charge < -0.3 is 9.57 Å². The van der Waals surface area contributed by atoms with Crippen LogP contribution in [0.25, 0.3) is 0 Å². The van der Waals surface area contributed by atoms with Gasteiger partial charge in [0.05, 0.1) is 17.3 Å². The maximum absolute atomic E-state index is 12.6. The highest BCUT2D eigenvalue weighted by Gasteiger charge is 2.49. The molecule has 0 radical (unpaired) electrons. The van der Waals surface area contributed by atoms with Crippen LogP contribution >= 0.6 is 31.9 Å². The number of benzene rings is 1. The molecule has 0 saturated heterocycles. The van der Waals surface area contributed by atoms with E-state index in [0.29, 0.717) is 21.1 Å². The number of ether oxygens (including phenoxy) is 1. The first-order valence-corrected chi connectivity index (χ1v) is 7.84. The summed E-state index contributed by atoms with van der Waals surface area (Å²) in [6.07, 6.45) is 2.09. The molecule has 4 nitrogen and oxygen atoms in total. The average Bonchev–Trinajstić information content (AvgIpc) is 2.92. The molecule has 21 heavy (non-hydrogen) atoms. The Morgan fingerprint density at radius 2 is 2.00 bits per heavy atom. The van der Waals surface area contributed by atoms with Gasteiger partial charge in [0.1, 0.15) is 4.48 Å². The van der Waals surface area contributed by atoms with E-state index in [1.807, 2.05) is 30.3 Å². The van der Waals surface area contributed by atoms with E-state index in [9.17, 15) is 4.79 Å². The number of ketones is 1. The second kappa shape index (κ2) is 5.42. The van der Waals surface area contributed by atoms with Crippen molar-refractivity contribution in [2.45, 2.75) is 12.0 Å². The van der Waals surface area contributed by atoms with Crippen LogP contribution < -0.4 is 0 Å². The van der Waals surface area contributed by atoms with Crippen molar-refractivity contribution >= 4 is 43.4 Å². The summed E-state index contributed by atoms with van der Waals surface area (Å²) in [5.41, 5.74) is 0.594. The smallest absolute Gasteiger partial charge is 0.225 e. The van der Waals surface area contributed by atoms with Crippen LogP contribution in [0.3, 0.4) is 0 Å². The van der Waals surface area contributed by atoms with Crippen molar-refractivity contribution in [1.29, 1.82) is 0 Å². The van der Waals surface area contributed by atoms with Gasteiger partial charge in [-0.05, 0) is 43.5 Å². The van der Waals surface area contributed by atoms with E-state index < -0.39 is 5.60 Å². The Balaban J connectivity index is 1.94. The number of Topliss-reactive ketones (excluding diaryl/α,β-unsaturated/α-hetero) is 1. The summed E-state index contributed by atoms with van der Waals surface area (Å²) in [5, 5.41) is 4.10. The van der Waals surface area contributed by atoms with Gasteiger partial charge in [-0.1, -0.05) is 35.5 Å². The number of halogens is 2. The first-order valence-electron chi connectivity index (χ1n) is 6.25. The van der Waals surface area contributed by atoms with Crippen LogP contribution in [0.1, 0.15) is 12.0 Å². The molecule has 108 valence electrons. The zero-order valence-corrected chi connectivity index (χ0v) is 14.3. The highest BCUT2D eigenvalue weighted by molar-refractivity contribution is 9.12. The molecule has 1 atom stereocenters. The number of rotatable bonds is 2. The lowest BCUT2D eigenvalue weighted by Crippen LogP contribution is -2.40. The van der Waals surface area contributed by atoms with E-state index in [1.54, 1.807) is 6.08 Å². The fourth-order valence-electron chi connectivity index (χ4n) is 2.35. The second-order valence-electron chi connectivity index (χ2n) is 4.73. The summed E-state index contributed by atoms with van der Waals surface area (Å²) in [6.45, 7) is 0. The van der Waals surface area contributed by atoms with Gasteiger partial charge in [0, 0.05) is 6.42 Å². The Morgan fingerprint density at radius 3 is 2.67 bits per heavy atom. The molecule has 0 aromatic heterocycles. The van der Waals surface area contributed by atoms with Gasteiger partial charge in [0.15, 0.2) is 5.76 Å². The van der Waals surface area contributed by atoms with Crippen LogP contribution in [0.5, 0.6) is 0 Å². The average molecular weight is 413 g/mol. The molecule has 0 amide bonds. The van der Waals surface area contributed by atoms with Crippen LogP contribution in [-0.4, -0.2) is 24.2 Å². The van der Waals surface area contributed by atoms with Crippen LogP contribution in [0.15, 0.2) is 56.3 Å². The van der Waals surface area contributed by atoms with Gasteiger partial charge in [-0.2, -0.15) is 0 Å². The number of carbonyl (C=O) groups excluding carboxylic acids is 1. The summed E-state index contributed by atoms with van der Waals surface area (Å²) in [6, 6.07) is 9.67. The molecule has 1 aliphatic carbocycles. The Hall–Kier alpha value is -1.40. The van der Waals surface area contributed by atoms with E-state index in [1.165, 1.54) is 7.11 Å². The predicted molar refractivity (Wildman–Crippen MR) is 86.4 cm³/mol. The van der Waals surface area contributed by atoms with Gasteiger partial charge in [0.25, 0.3) is 0 Å². The van der Waals surface area contributed by atoms with E-state index >= 15 is 0 Å². The zero-order chi connectivity index (χ0) is 15.0. The summed E-state index contributed by atoms with van der Waals surface area (Å²) < 4.78 is 6.22. The van der Waals surface area contributed by atoms with Crippen LogP contribution in [0.4, 0.5) is 0 Å². The van der Waals surface area contributed by atoms with Crippen molar-refractivity contribution in [1.82, 2.24) is 0 Å². The molecular weight excluding hydrogens is 402 g/mol. The topological polar surface area (TPSA) is 47.9 Å². The van der Waals surface area contributed by atoms with Crippen molar-refractivity contribution in [3.05, 3.63) is 56.7 Å². The van der Waals surface area contributed by atoms with Crippen molar-refractivity contribution in [3.8, 4) is 0 Å². The Morgan fingerprint density at radius 1 is 1.29 bits per heavy atom. The third-order valence-corrected chi connectivity index (χ3v) is 4.73. The molecule has 1 aromatic carbocycles. The fourth-order valence-corrected chi connectivity index (χ4v) is 4.06. The maximum Gasteiger partial charge on any atom is 0.225 e. The summed E-state index contributed by atoms with van der Waals surface area (Å²) in [4.78, 5) is 18.1. The summed E-state index contributed by atoms with van der Waals surface area (Å²) >= 11 is 6.69. The molecule has 0 N–H and O–H groups in total. The number of allylic oxidation sites excluding steroid dienone is 1. The number of nitrogens with zero attached hydrogens (tertiary/aromatic N) is 1. The molecule has 0 bridgehead atoms. The van der Waals surface area contributed by atoms with Gasteiger partial charge in [-0.25, -0.2) is 0 Å². The number of carbonyl (C=O) groups is 1. The molecular formula is C15H11Br2NO3. The SMILES string of the molecule is COC1=C(Br)C(=O)[C@@]2(C=C1Br)CC(c1ccccc1)=NO2. The minimum Gasteiger partial charge on any atom is -0.494 e. The number of hydrogen-bond acceptors (Lipinski definition) is 4. The molecule has 1 aromatic rings. The first kappa shape index (κ1) is 14.5. The van der Waals surface area contributed by atoms with Crippen molar-refractivity contribution in [3.63, 3.8) is 0 Å². The lowest BCUT2D eigenvalue weighted by molar-refractivity contribution is -0.131. The first-order chi connectivity index (χ1) is 10.1. The lowest BCUT2D eigenvalue weighted by atomic mass is 9.87. The summed E-state index contributed by atoms with van der Waals surface area (Å²) in [7, 11) is 1.51. The molecule has 1 aliphatic heterocycles. The van der Waals surface area contributed by atoms with Crippen LogP contribution in [0.2, 0.25) is 0 Å². The molecule has 2 aliphatic rings. The van der Waals surface area contributed by atoms with Gasteiger partial charge in [0.2, 0.25) is 11.4 Å². The molecule has 0 unspecified atom stereocenters. The molecule has 0 fully saturated rings. The van der Waals surface area contributed by atoms with E-state index in [0.717, 1.165) is 11.3 Å². The predicted octanol–water partition coefficient (Wildman–Crippen LogP) is 3.66. The van der Waals surface area contributed by atoms with E-state index in [-0.39, 0.29) is 5.78 Å². The van der Waals surface area contributed by atoms with Crippen molar-refractivity contribution < 1.29 is 14.4 Å². The Labute approximate surface area is 138 Å². The Bertz CT molecular complexity index is 694. The number of hydrogen-bond donors (Lipinski definition) is 0. The largest absolute Gasteiger partial charge is 0.494 e. The number of methoxy groups -OCH3 is 1. The fraction of sp³-hybridized carbons (Fsp3) is 0.200. The quantitative estimate of drug-likeness (QED) is 0.744. The van der Waals surface area contributed by atoms with Crippen molar-refractivity contribution in [2.24, 2.45) is 5.16 Å². The monoisotopic (exact) mass is 411 g/mol. The van der Waals surface area contributed by atoms with Crippen LogP contribution in [-0.2, 0) is 14.4 Å².